The summed E-state index contributed by atoms with van der Waals surface area (Å²) in [5.41, 5.74) is 5.53. The van der Waals surface area contributed by atoms with E-state index in [2.05, 4.69) is 12.2 Å². The average molecular weight is 214 g/mol. The van der Waals surface area contributed by atoms with Gasteiger partial charge in [-0.25, -0.2) is 0 Å². The molecule has 0 heterocycles. The first-order chi connectivity index (χ1) is 7.31. The van der Waals surface area contributed by atoms with Crippen LogP contribution in [0.1, 0.15) is 39.0 Å². The van der Waals surface area contributed by atoms with E-state index in [9.17, 15) is 0 Å². The van der Waals surface area contributed by atoms with E-state index in [-0.39, 0.29) is 0 Å². The van der Waals surface area contributed by atoms with E-state index in [4.69, 9.17) is 10.5 Å². The summed E-state index contributed by atoms with van der Waals surface area (Å²) < 4.78 is 5.22. The number of rotatable bonds is 9. The normalized spacial score (nSPS) is 26.6. The lowest BCUT2D eigenvalue weighted by Crippen LogP contribution is -2.36. The Bertz CT molecular complexity index is 164. The molecule has 0 amide bonds. The zero-order valence-electron chi connectivity index (χ0n) is 10.2. The van der Waals surface area contributed by atoms with Crippen LogP contribution in [0.25, 0.3) is 0 Å². The molecule has 1 fully saturated rings. The highest BCUT2D eigenvalue weighted by Crippen LogP contribution is 2.35. The van der Waals surface area contributed by atoms with Gasteiger partial charge in [0.25, 0.3) is 0 Å². The number of hydrogen-bond donors (Lipinski definition) is 2. The summed E-state index contributed by atoms with van der Waals surface area (Å²) in [7, 11) is 1.77. The second kappa shape index (κ2) is 7.20. The highest BCUT2D eigenvalue weighted by molar-refractivity contribution is 4.94. The Kier molecular flexibility index (Phi) is 6.22. The van der Waals surface area contributed by atoms with Gasteiger partial charge >= 0.3 is 0 Å². The summed E-state index contributed by atoms with van der Waals surface area (Å²) in [6.45, 7) is 3.86. The van der Waals surface area contributed by atoms with Crippen LogP contribution in [0.15, 0.2) is 0 Å². The lowest BCUT2D eigenvalue weighted by molar-refractivity contribution is 0.160. The molecule has 3 atom stereocenters. The fourth-order valence-electron chi connectivity index (χ4n) is 2.22. The van der Waals surface area contributed by atoms with E-state index < -0.39 is 0 Å². The van der Waals surface area contributed by atoms with Crippen LogP contribution in [0.5, 0.6) is 0 Å². The Morgan fingerprint density at radius 1 is 1.53 bits per heavy atom. The molecule has 0 aromatic carbocycles. The molecule has 0 radical (unpaired) electrons. The molecule has 1 rings (SSSR count). The molecule has 0 spiro atoms. The first kappa shape index (κ1) is 12.9. The summed E-state index contributed by atoms with van der Waals surface area (Å²) in [5, 5.41) is 3.68. The largest absolute Gasteiger partial charge is 0.383 e. The lowest BCUT2D eigenvalue weighted by Gasteiger charge is -2.17. The minimum atomic E-state index is 0.505. The smallest absolute Gasteiger partial charge is 0.0615 e. The van der Waals surface area contributed by atoms with Crippen molar-refractivity contribution in [3.05, 3.63) is 0 Å². The van der Waals surface area contributed by atoms with Crippen molar-refractivity contribution < 1.29 is 4.74 Å². The van der Waals surface area contributed by atoms with Crippen LogP contribution in [0.4, 0.5) is 0 Å². The standard InChI is InChI=1S/C12H26N2O/c1-3-5-10-8-12(10)14-11(9-15-2)6-4-7-13/h10-12,14H,3-9,13H2,1-2H3. The van der Waals surface area contributed by atoms with Crippen LogP contribution in [0.3, 0.4) is 0 Å². The van der Waals surface area contributed by atoms with Crippen molar-refractivity contribution in [2.45, 2.75) is 51.1 Å². The monoisotopic (exact) mass is 214 g/mol. The molecular formula is C12H26N2O. The third kappa shape index (κ3) is 4.96. The van der Waals surface area contributed by atoms with Crippen LogP contribution in [0.2, 0.25) is 0 Å². The van der Waals surface area contributed by atoms with Gasteiger partial charge in [0.05, 0.1) is 6.61 Å². The molecule has 1 saturated carbocycles. The Balaban J connectivity index is 2.14. The molecule has 3 heteroatoms. The van der Waals surface area contributed by atoms with Crippen LogP contribution < -0.4 is 11.1 Å². The van der Waals surface area contributed by atoms with Gasteiger partial charge in [-0.15, -0.1) is 0 Å². The van der Waals surface area contributed by atoms with E-state index in [1.807, 2.05) is 0 Å². The molecule has 0 aliphatic heterocycles. The zero-order chi connectivity index (χ0) is 11.1. The molecule has 1 aliphatic carbocycles. The average Bonchev–Trinajstić information content (AvgIpc) is 2.94. The van der Waals surface area contributed by atoms with Crippen LogP contribution >= 0.6 is 0 Å². The van der Waals surface area contributed by atoms with Crippen LogP contribution in [-0.2, 0) is 4.74 Å². The fraction of sp³-hybridized carbons (Fsp3) is 1.00. The molecular weight excluding hydrogens is 188 g/mol. The van der Waals surface area contributed by atoms with Gasteiger partial charge in [-0.3, -0.25) is 0 Å². The number of hydrogen-bond acceptors (Lipinski definition) is 3. The van der Waals surface area contributed by atoms with Gasteiger partial charge in [-0.1, -0.05) is 13.3 Å². The van der Waals surface area contributed by atoms with Crippen molar-refractivity contribution in [2.75, 3.05) is 20.3 Å². The number of nitrogens with one attached hydrogen (secondary N) is 1. The molecule has 0 aromatic rings. The molecule has 0 saturated heterocycles. The van der Waals surface area contributed by atoms with E-state index >= 15 is 0 Å². The van der Waals surface area contributed by atoms with Crippen molar-refractivity contribution in [1.29, 1.82) is 0 Å². The maximum atomic E-state index is 5.53. The van der Waals surface area contributed by atoms with Gasteiger partial charge < -0.3 is 15.8 Å². The van der Waals surface area contributed by atoms with Crippen LogP contribution in [0, 0.1) is 5.92 Å². The first-order valence-electron chi connectivity index (χ1n) is 6.26. The number of methoxy groups -OCH3 is 1. The van der Waals surface area contributed by atoms with Crippen molar-refractivity contribution >= 4 is 0 Å². The molecule has 0 aromatic heterocycles. The van der Waals surface area contributed by atoms with E-state index in [1.54, 1.807) is 7.11 Å². The number of ether oxygens (including phenoxy) is 1. The van der Waals surface area contributed by atoms with Crippen molar-refractivity contribution in [1.82, 2.24) is 5.32 Å². The summed E-state index contributed by atoms with van der Waals surface area (Å²) in [4.78, 5) is 0. The SMILES string of the molecule is CCCC1CC1NC(CCCN)COC. The minimum Gasteiger partial charge on any atom is -0.383 e. The molecule has 1 aliphatic rings. The summed E-state index contributed by atoms with van der Waals surface area (Å²) in [6.07, 6.45) is 6.26. The van der Waals surface area contributed by atoms with Gasteiger partial charge in [0.15, 0.2) is 0 Å². The van der Waals surface area contributed by atoms with Crippen molar-refractivity contribution in [3.63, 3.8) is 0 Å². The third-order valence-corrected chi connectivity index (χ3v) is 3.16. The van der Waals surface area contributed by atoms with E-state index in [0.717, 1.165) is 38.0 Å². The summed E-state index contributed by atoms with van der Waals surface area (Å²) in [5.74, 6) is 0.923. The molecule has 3 nitrogen and oxygen atoms in total. The molecule has 3 N–H and O–H groups in total. The van der Waals surface area contributed by atoms with Crippen molar-refractivity contribution in [2.24, 2.45) is 11.7 Å². The van der Waals surface area contributed by atoms with Gasteiger partial charge in [0, 0.05) is 19.2 Å². The highest BCUT2D eigenvalue weighted by atomic mass is 16.5. The first-order valence-corrected chi connectivity index (χ1v) is 6.26. The van der Waals surface area contributed by atoms with Gasteiger partial charge in [0.1, 0.15) is 0 Å². The van der Waals surface area contributed by atoms with E-state index in [0.29, 0.717) is 6.04 Å². The summed E-state index contributed by atoms with van der Waals surface area (Å²) >= 11 is 0. The lowest BCUT2D eigenvalue weighted by atomic mass is 10.1. The molecule has 90 valence electrons. The Labute approximate surface area is 93.8 Å². The van der Waals surface area contributed by atoms with Gasteiger partial charge in [-0.05, 0) is 38.1 Å². The summed E-state index contributed by atoms with van der Waals surface area (Å²) in [6, 6.07) is 1.26. The van der Waals surface area contributed by atoms with Crippen LogP contribution in [-0.4, -0.2) is 32.3 Å². The Morgan fingerprint density at radius 2 is 2.33 bits per heavy atom. The zero-order valence-corrected chi connectivity index (χ0v) is 10.2. The molecule has 0 bridgehead atoms. The fourth-order valence-corrected chi connectivity index (χ4v) is 2.22. The Morgan fingerprint density at radius 3 is 2.93 bits per heavy atom. The molecule has 15 heavy (non-hydrogen) atoms. The topological polar surface area (TPSA) is 47.3 Å². The second-order valence-corrected chi connectivity index (χ2v) is 4.64. The van der Waals surface area contributed by atoms with Gasteiger partial charge in [0.2, 0.25) is 0 Å². The quantitative estimate of drug-likeness (QED) is 0.612. The highest BCUT2D eigenvalue weighted by Gasteiger charge is 2.36. The molecule has 3 unspecified atom stereocenters. The Hall–Kier alpha value is -0.120. The van der Waals surface area contributed by atoms with Gasteiger partial charge in [-0.2, -0.15) is 0 Å². The van der Waals surface area contributed by atoms with E-state index in [1.165, 1.54) is 19.3 Å². The van der Waals surface area contributed by atoms with Crippen molar-refractivity contribution in [3.8, 4) is 0 Å². The third-order valence-electron chi connectivity index (χ3n) is 3.16. The maximum Gasteiger partial charge on any atom is 0.0615 e. The predicted molar refractivity (Wildman–Crippen MR) is 63.9 cm³/mol. The maximum absolute atomic E-state index is 5.53. The minimum absolute atomic E-state index is 0.505. The number of nitrogens with two attached hydrogens (primary N) is 1. The predicted octanol–water partition coefficient (Wildman–Crippen LogP) is 1.52. The second-order valence-electron chi connectivity index (χ2n) is 4.64.